The van der Waals surface area contributed by atoms with Crippen molar-refractivity contribution in [2.24, 2.45) is 0 Å². The van der Waals surface area contributed by atoms with Gasteiger partial charge < -0.3 is 4.74 Å². The van der Waals surface area contributed by atoms with Gasteiger partial charge in [-0.2, -0.15) is 0 Å². The maximum absolute atomic E-state index is 10.7. The number of carbonyl (C=O) groups excluding carboxylic acids is 1. The van der Waals surface area contributed by atoms with Crippen LogP contribution >= 0.6 is 28.5 Å². The number of rotatable bonds is 1. The minimum Gasteiger partial charge on any atom is -0.468 e. The van der Waals surface area contributed by atoms with E-state index in [4.69, 9.17) is 0 Å². The van der Waals surface area contributed by atoms with Crippen LogP contribution in [0.5, 0.6) is 0 Å². The molecule has 3 nitrogen and oxygen atoms in total. The summed E-state index contributed by atoms with van der Waals surface area (Å²) in [4.78, 5) is 10.7. The van der Waals surface area contributed by atoms with Gasteiger partial charge in [-0.25, -0.2) is 9.52 Å². The summed E-state index contributed by atoms with van der Waals surface area (Å²) in [6.45, 7) is 0. The molecule has 0 radical (unpaired) electrons. The molecule has 0 aromatic carbocycles. The second kappa shape index (κ2) is 3.52. The Balaban J connectivity index is 2.43. The fourth-order valence-electron chi connectivity index (χ4n) is 0.403. The lowest BCUT2D eigenvalue weighted by atomic mass is 10.4. The predicted molar refractivity (Wildman–Crippen MR) is 46.6 cm³/mol. The molecule has 1 atom stereocenters. The maximum Gasteiger partial charge on any atom is 0.328 e. The van der Waals surface area contributed by atoms with E-state index in [2.05, 4.69) is 9.46 Å². The van der Waals surface area contributed by atoms with Crippen LogP contribution in [0.15, 0.2) is 0 Å². The first-order chi connectivity index (χ1) is 4.34. The Bertz CT molecular complexity index is 150. The molecule has 0 aliphatic carbocycles. The quantitative estimate of drug-likeness (QED) is 0.422. The summed E-state index contributed by atoms with van der Waals surface area (Å²) >= 11 is 0.0421. The predicted octanol–water partition coefficient (Wildman–Crippen LogP) is 0.467. The molecule has 1 aliphatic heterocycles. The zero-order valence-electron chi connectivity index (χ0n) is 4.76. The van der Waals surface area contributed by atoms with Crippen molar-refractivity contribution >= 4 is 38.4 Å². The molecule has 5 heteroatoms. The van der Waals surface area contributed by atoms with Crippen LogP contribution < -0.4 is 4.72 Å². The summed E-state index contributed by atoms with van der Waals surface area (Å²) in [5, 5.41) is 0. The zero-order valence-corrected chi connectivity index (χ0v) is 7.73. The normalized spacial score (nSPS) is 25.2. The monoisotopic (exact) mass is 259 g/mol. The van der Waals surface area contributed by atoms with Crippen molar-refractivity contribution in [2.45, 2.75) is 6.04 Å². The Hall–Kier alpha value is 0.380. The molecule has 0 amide bonds. The molecule has 0 spiro atoms. The number of methoxy groups -OCH3 is 1. The molecule has 0 saturated carbocycles. The zero-order chi connectivity index (χ0) is 6.69. The van der Waals surface area contributed by atoms with Crippen LogP contribution in [-0.4, -0.2) is 23.1 Å². The Kier molecular flexibility index (Phi) is 2.93. The molecule has 52 valence electrons. The highest BCUT2D eigenvalue weighted by molar-refractivity contribution is 14.2. The van der Waals surface area contributed by atoms with Crippen molar-refractivity contribution in [1.82, 2.24) is 4.72 Å². The first-order valence-electron chi connectivity index (χ1n) is 2.30. The second-order valence-electron chi connectivity index (χ2n) is 1.41. The molecule has 0 aromatic rings. The number of halogens is 1. The van der Waals surface area contributed by atoms with Crippen molar-refractivity contribution in [3.05, 3.63) is 0 Å². The van der Waals surface area contributed by atoms with Crippen LogP contribution in [0.3, 0.4) is 0 Å². The highest BCUT2D eigenvalue weighted by Gasteiger charge is 2.18. The minimum atomic E-state index is -0.181. The van der Waals surface area contributed by atoms with Crippen molar-refractivity contribution in [3.8, 4) is 0 Å². The number of esters is 1. The van der Waals surface area contributed by atoms with Crippen LogP contribution in [0.25, 0.3) is 0 Å². The molecule has 0 saturated heterocycles. The van der Waals surface area contributed by atoms with Crippen LogP contribution in [-0.2, 0) is 9.53 Å². The van der Waals surface area contributed by atoms with E-state index >= 15 is 0 Å². The summed E-state index contributed by atoms with van der Waals surface area (Å²) in [6.07, 6.45) is 0. The van der Waals surface area contributed by atoms with Gasteiger partial charge >= 0.3 is 5.97 Å². The lowest BCUT2D eigenvalue weighted by molar-refractivity contribution is -0.140. The first kappa shape index (κ1) is 7.49. The van der Waals surface area contributed by atoms with Gasteiger partial charge in [0.25, 0.3) is 0 Å². The van der Waals surface area contributed by atoms with Gasteiger partial charge in [-0.05, 0) is 32.5 Å². The third-order valence-electron chi connectivity index (χ3n) is 0.849. The van der Waals surface area contributed by atoms with Gasteiger partial charge in [-0.3, -0.25) is 0 Å². The van der Waals surface area contributed by atoms with Crippen LogP contribution in [0.4, 0.5) is 0 Å². The average molecular weight is 259 g/mol. The lowest BCUT2D eigenvalue weighted by Crippen LogP contribution is -2.31. The summed E-state index contributed by atoms with van der Waals surface area (Å²) in [5.41, 5.74) is 0. The van der Waals surface area contributed by atoms with E-state index in [1.165, 1.54) is 7.11 Å². The third kappa shape index (κ3) is 1.91. The molecule has 0 fully saturated rings. The summed E-state index contributed by atoms with van der Waals surface area (Å²) in [6, 6.07) is -0.146. The van der Waals surface area contributed by atoms with Gasteiger partial charge in [0, 0.05) is 0 Å². The van der Waals surface area contributed by atoms with Crippen molar-refractivity contribution in [1.29, 1.82) is 0 Å². The van der Waals surface area contributed by atoms with E-state index in [1.807, 2.05) is 4.01 Å². The van der Waals surface area contributed by atoms with Gasteiger partial charge in [0.1, 0.15) is 6.04 Å². The average Bonchev–Trinajstić information content (AvgIpc) is 2.37. The number of carbonyl (C=O) groups is 1. The maximum atomic E-state index is 10.7. The van der Waals surface area contributed by atoms with E-state index in [0.717, 1.165) is 0 Å². The van der Waals surface area contributed by atoms with E-state index in [1.54, 1.807) is 9.12 Å². The van der Waals surface area contributed by atoms with Crippen molar-refractivity contribution in [3.63, 3.8) is 0 Å². The van der Waals surface area contributed by atoms with Crippen LogP contribution in [0.1, 0.15) is 0 Å². The van der Waals surface area contributed by atoms with Gasteiger partial charge in [0.2, 0.25) is 0 Å². The Morgan fingerprint density at radius 2 is 2.78 bits per heavy atom. The fraction of sp³-hybridized carbons (Fsp3) is 0.500. The Morgan fingerprint density at radius 3 is 3.22 bits per heavy atom. The Morgan fingerprint density at radius 1 is 2.00 bits per heavy atom. The minimum absolute atomic E-state index is 0.0421. The summed E-state index contributed by atoms with van der Waals surface area (Å²) in [5.74, 6) is -0.181. The topological polar surface area (TPSA) is 38.3 Å². The first-order valence-corrected chi connectivity index (χ1v) is 6.91. The SMILES string of the molecule is COC(=O)C1C=ISN1. The van der Waals surface area contributed by atoms with Crippen molar-refractivity contribution in [2.75, 3.05) is 7.11 Å². The molecule has 1 unspecified atom stereocenters. The molecule has 1 heterocycles. The number of nitrogens with one attached hydrogen (secondary N) is 1. The molecule has 0 bridgehead atoms. The third-order valence-corrected chi connectivity index (χ3v) is 4.51. The number of hydrogen-bond donors (Lipinski definition) is 1. The van der Waals surface area contributed by atoms with Gasteiger partial charge in [0.05, 0.1) is 7.11 Å². The smallest absolute Gasteiger partial charge is 0.328 e. The molecular formula is C4H6INO2S. The van der Waals surface area contributed by atoms with E-state index in [9.17, 15) is 4.79 Å². The van der Waals surface area contributed by atoms with Gasteiger partial charge in [-0.15, -0.1) is 0 Å². The highest BCUT2D eigenvalue weighted by atomic mass is 127. The molecule has 1 aliphatic rings. The largest absolute Gasteiger partial charge is 0.468 e. The fourth-order valence-corrected chi connectivity index (χ4v) is 4.17. The van der Waals surface area contributed by atoms with Crippen LogP contribution in [0, 0.1) is 0 Å². The second-order valence-corrected chi connectivity index (χ2v) is 5.55. The lowest BCUT2D eigenvalue weighted by Gasteiger charge is -2.02. The summed E-state index contributed by atoms with van der Waals surface area (Å²) in [7, 11) is 3.03. The number of hydrogen-bond acceptors (Lipinski definition) is 4. The van der Waals surface area contributed by atoms with Crippen LogP contribution in [0.2, 0.25) is 0 Å². The number of ether oxygens (including phenoxy) is 1. The molecule has 9 heavy (non-hydrogen) atoms. The van der Waals surface area contributed by atoms with Gasteiger partial charge in [-0.1, -0.05) is 0 Å². The summed E-state index contributed by atoms with van der Waals surface area (Å²) < 4.78 is 9.44. The Labute approximate surface area is 65.9 Å². The molecule has 1 rings (SSSR count). The van der Waals surface area contributed by atoms with Crippen molar-refractivity contribution < 1.29 is 9.53 Å². The van der Waals surface area contributed by atoms with Gasteiger partial charge in [0.15, 0.2) is 0 Å². The molecule has 1 N–H and O–H groups in total. The van der Waals surface area contributed by atoms with E-state index in [0.29, 0.717) is 0 Å². The molecule has 0 aromatic heterocycles. The highest BCUT2D eigenvalue weighted by Crippen LogP contribution is 2.22. The molecular weight excluding hydrogens is 253 g/mol. The van der Waals surface area contributed by atoms with E-state index < -0.39 is 0 Å². The standard InChI is InChI=1S/C4H6INO2S/c1-8-4(7)3-2-5-9-6-3/h2-3,6H,1H3. The van der Waals surface area contributed by atoms with E-state index in [-0.39, 0.29) is 31.4 Å².